The van der Waals surface area contributed by atoms with Crippen molar-refractivity contribution >= 4 is 81.1 Å². The molecule has 3 aliphatic heterocycles. The Labute approximate surface area is 186 Å². The fourth-order valence-corrected chi connectivity index (χ4v) is 12.5. The second-order valence-corrected chi connectivity index (χ2v) is 13.3. The molecule has 0 saturated carbocycles. The standard InChI is InChI=1S/C18H14O2S7/c1-2-20-12-11(19-1)15(17-13-9(7-25-17)21-3-5-23-13)27-16(12)18-14-10(8-26-18)22-4-6-24-14/h7-8H,1-6H2. The lowest BCUT2D eigenvalue weighted by Crippen LogP contribution is -2.14. The number of hydrogen-bond donors (Lipinski definition) is 0. The van der Waals surface area contributed by atoms with Gasteiger partial charge < -0.3 is 9.47 Å². The summed E-state index contributed by atoms with van der Waals surface area (Å²) in [6, 6.07) is 0. The van der Waals surface area contributed by atoms with Crippen LogP contribution in [0.2, 0.25) is 0 Å². The van der Waals surface area contributed by atoms with Crippen molar-refractivity contribution in [2.45, 2.75) is 19.6 Å². The number of rotatable bonds is 2. The molecule has 0 amide bonds. The van der Waals surface area contributed by atoms with E-state index >= 15 is 0 Å². The van der Waals surface area contributed by atoms with Gasteiger partial charge in [-0.05, 0) is 0 Å². The van der Waals surface area contributed by atoms with Crippen molar-refractivity contribution in [1.29, 1.82) is 0 Å². The number of hydrogen-bond acceptors (Lipinski definition) is 9. The topological polar surface area (TPSA) is 18.5 Å². The van der Waals surface area contributed by atoms with Crippen LogP contribution in [0.15, 0.2) is 30.3 Å². The molecule has 0 bridgehead atoms. The number of fused-ring (bicyclic) bond motifs is 3. The number of ether oxygens (including phenoxy) is 2. The van der Waals surface area contributed by atoms with Crippen LogP contribution in [-0.2, 0) is 0 Å². The van der Waals surface area contributed by atoms with Crippen LogP contribution in [0.1, 0.15) is 0 Å². The first-order chi connectivity index (χ1) is 13.4. The third-order valence-electron chi connectivity index (χ3n) is 4.41. The SMILES string of the molecule is c1sc(-c2sc(-c3scc4c3SCCS4)c3c2OCCO3)c2c1SCCS2. The molecule has 27 heavy (non-hydrogen) atoms. The van der Waals surface area contributed by atoms with E-state index in [1.54, 1.807) is 0 Å². The molecule has 0 spiro atoms. The summed E-state index contributed by atoms with van der Waals surface area (Å²) >= 11 is 13.5. The maximum absolute atomic E-state index is 6.16. The molecule has 3 aliphatic rings. The van der Waals surface area contributed by atoms with Crippen molar-refractivity contribution in [3.05, 3.63) is 10.8 Å². The normalized spacial score (nSPS) is 18.2. The highest BCUT2D eigenvalue weighted by molar-refractivity contribution is 8.06. The maximum Gasteiger partial charge on any atom is 0.181 e. The van der Waals surface area contributed by atoms with Crippen molar-refractivity contribution in [2.24, 2.45) is 0 Å². The lowest BCUT2D eigenvalue weighted by Gasteiger charge is -2.18. The molecule has 3 aromatic heterocycles. The van der Waals surface area contributed by atoms with E-state index in [1.165, 1.54) is 62.1 Å². The van der Waals surface area contributed by atoms with Crippen molar-refractivity contribution in [1.82, 2.24) is 0 Å². The van der Waals surface area contributed by atoms with E-state index in [-0.39, 0.29) is 0 Å². The van der Waals surface area contributed by atoms with Gasteiger partial charge >= 0.3 is 0 Å². The average Bonchev–Trinajstić information content (AvgIpc) is 3.42. The van der Waals surface area contributed by atoms with E-state index in [0.29, 0.717) is 13.2 Å². The summed E-state index contributed by atoms with van der Waals surface area (Å²) in [4.78, 5) is 11.0. The smallest absolute Gasteiger partial charge is 0.181 e. The Kier molecular flexibility index (Phi) is 4.92. The molecule has 6 rings (SSSR count). The zero-order valence-corrected chi connectivity index (χ0v) is 19.8. The summed E-state index contributed by atoms with van der Waals surface area (Å²) in [5, 5.41) is 4.63. The van der Waals surface area contributed by atoms with E-state index in [0.717, 1.165) is 11.5 Å². The monoisotopic (exact) mass is 486 g/mol. The third kappa shape index (κ3) is 3.00. The summed E-state index contributed by atoms with van der Waals surface area (Å²) in [6.45, 7) is 1.28. The molecule has 6 heterocycles. The van der Waals surface area contributed by atoms with Gasteiger partial charge in [-0.2, -0.15) is 0 Å². The first kappa shape index (κ1) is 17.9. The minimum absolute atomic E-state index is 0.638. The molecule has 0 atom stereocenters. The highest BCUT2D eigenvalue weighted by atomic mass is 32.2. The number of thioether (sulfide) groups is 4. The Hall–Kier alpha value is 0.1000. The van der Waals surface area contributed by atoms with Gasteiger partial charge in [0.05, 0.1) is 19.5 Å². The molecule has 140 valence electrons. The van der Waals surface area contributed by atoms with Crippen molar-refractivity contribution in [3.8, 4) is 31.0 Å². The molecule has 0 N–H and O–H groups in total. The molecule has 0 saturated heterocycles. The fourth-order valence-electron chi connectivity index (χ4n) is 3.29. The third-order valence-corrected chi connectivity index (χ3v) is 13.5. The van der Waals surface area contributed by atoms with Crippen LogP contribution in [0.3, 0.4) is 0 Å². The van der Waals surface area contributed by atoms with E-state index in [2.05, 4.69) is 10.8 Å². The Bertz CT molecular complexity index is 937. The van der Waals surface area contributed by atoms with Crippen LogP contribution >= 0.6 is 81.1 Å². The van der Waals surface area contributed by atoms with Crippen molar-refractivity contribution in [3.63, 3.8) is 0 Å². The van der Waals surface area contributed by atoms with Gasteiger partial charge in [0.1, 0.15) is 13.2 Å². The van der Waals surface area contributed by atoms with Gasteiger partial charge in [0.25, 0.3) is 0 Å². The molecule has 9 heteroatoms. The highest BCUT2D eigenvalue weighted by Gasteiger charge is 2.32. The van der Waals surface area contributed by atoms with E-state index < -0.39 is 0 Å². The fraction of sp³-hybridized carbons (Fsp3) is 0.333. The van der Waals surface area contributed by atoms with Crippen LogP contribution in [0.4, 0.5) is 0 Å². The van der Waals surface area contributed by atoms with Gasteiger partial charge in [0.15, 0.2) is 11.5 Å². The van der Waals surface area contributed by atoms with Crippen molar-refractivity contribution < 1.29 is 9.47 Å². The van der Waals surface area contributed by atoms with E-state index in [9.17, 15) is 0 Å². The minimum Gasteiger partial charge on any atom is -0.485 e. The molecule has 0 aliphatic carbocycles. The predicted octanol–water partition coefficient (Wildman–Crippen LogP) is 7.37. The predicted molar refractivity (Wildman–Crippen MR) is 125 cm³/mol. The Morgan fingerprint density at radius 1 is 0.593 bits per heavy atom. The quantitative estimate of drug-likeness (QED) is 0.374. The van der Waals surface area contributed by atoms with E-state index in [4.69, 9.17) is 9.47 Å². The summed E-state index contributed by atoms with van der Waals surface area (Å²) in [5.41, 5.74) is 0. The van der Waals surface area contributed by atoms with Gasteiger partial charge in [-0.1, -0.05) is 0 Å². The Morgan fingerprint density at radius 3 is 1.59 bits per heavy atom. The Morgan fingerprint density at radius 2 is 1.07 bits per heavy atom. The van der Waals surface area contributed by atoms with Gasteiger partial charge in [0, 0.05) is 53.4 Å². The number of thiophene rings is 3. The largest absolute Gasteiger partial charge is 0.485 e. The lowest BCUT2D eigenvalue weighted by molar-refractivity contribution is 0.175. The zero-order valence-electron chi connectivity index (χ0n) is 14.1. The van der Waals surface area contributed by atoms with Crippen molar-refractivity contribution in [2.75, 3.05) is 36.2 Å². The molecular formula is C18H14O2S7. The van der Waals surface area contributed by atoms with Gasteiger partial charge in [-0.3, -0.25) is 0 Å². The molecule has 3 aromatic rings. The zero-order chi connectivity index (χ0) is 17.8. The van der Waals surface area contributed by atoms with Crippen LogP contribution in [-0.4, -0.2) is 36.2 Å². The Balaban J connectivity index is 1.53. The average molecular weight is 487 g/mol. The summed E-state index contributed by atoms with van der Waals surface area (Å²) in [7, 11) is 0. The summed E-state index contributed by atoms with van der Waals surface area (Å²) in [5.74, 6) is 6.72. The van der Waals surface area contributed by atoms with Gasteiger partial charge in [0.2, 0.25) is 0 Å². The molecule has 2 nitrogen and oxygen atoms in total. The molecule has 0 unspecified atom stereocenters. The second kappa shape index (κ2) is 7.41. The van der Waals surface area contributed by atoms with E-state index in [1.807, 2.05) is 81.1 Å². The molecule has 0 radical (unpaired) electrons. The van der Waals surface area contributed by atoms with Gasteiger partial charge in [-0.25, -0.2) is 0 Å². The van der Waals surface area contributed by atoms with Crippen LogP contribution in [0.5, 0.6) is 11.5 Å². The lowest BCUT2D eigenvalue weighted by atomic mass is 10.2. The summed E-state index contributed by atoms with van der Waals surface area (Å²) in [6.07, 6.45) is 0. The van der Waals surface area contributed by atoms with Crippen LogP contribution in [0, 0.1) is 0 Å². The first-order valence-corrected chi connectivity index (χ1v) is 15.1. The van der Waals surface area contributed by atoms with Crippen LogP contribution < -0.4 is 9.47 Å². The molecule has 0 aromatic carbocycles. The molecular weight excluding hydrogens is 473 g/mol. The molecule has 0 fully saturated rings. The van der Waals surface area contributed by atoms with Crippen LogP contribution in [0.25, 0.3) is 19.5 Å². The second-order valence-electron chi connectivity index (χ2n) is 6.03. The summed E-state index contributed by atoms with van der Waals surface area (Å²) < 4.78 is 12.3. The minimum atomic E-state index is 0.638. The van der Waals surface area contributed by atoms with Gasteiger partial charge in [-0.15, -0.1) is 81.1 Å². The first-order valence-electron chi connectivity index (χ1n) is 8.57. The highest BCUT2D eigenvalue weighted by Crippen LogP contribution is 2.60. The maximum atomic E-state index is 6.16.